The van der Waals surface area contributed by atoms with Crippen molar-refractivity contribution in [3.05, 3.63) is 64.8 Å². The van der Waals surface area contributed by atoms with Gasteiger partial charge in [0, 0.05) is 18.0 Å². The van der Waals surface area contributed by atoms with Crippen LogP contribution >= 0.6 is 23.4 Å². The van der Waals surface area contributed by atoms with Gasteiger partial charge in [-0.05, 0) is 36.8 Å². The summed E-state index contributed by atoms with van der Waals surface area (Å²) in [6.07, 6.45) is 2.26. The van der Waals surface area contributed by atoms with Gasteiger partial charge in [0.1, 0.15) is 11.6 Å². The summed E-state index contributed by atoms with van der Waals surface area (Å²) >= 11 is 7.30. The molecule has 3 aromatic rings. The second kappa shape index (κ2) is 8.91. The number of nitrogens with one attached hydrogen (secondary N) is 1. The molecule has 26 heavy (non-hydrogen) atoms. The van der Waals surface area contributed by atoms with Crippen LogP contribution in [0.2, 0.25) is 5.02 Å². The summed E-state index contributed by atoms with van der Waals surface area (Å²) in [7, 11) is 0. The number of furan rings is 1. The second-order valence-electron chi connectivity index (χ2n) is 5.59. The van der Waals surface area contributed by atoms with Crippen molar-refractivity contribution in [1.29, 1.82) is 0 Å². The number of nitrogens with zero attached hydrogens (tertiary/aromatic N) is 3. The summed E-state index contributed by atoms with van der Waals surface area (Å²) in [5.41, 5.74) is 1.12. The topological polar surface area (TPSA) is 73.0 Å². The van der Waals surface area contributed by atoms with E-state index in [-0.39, 0.29) is 11.7 Å². The maximum absolute atomic E-state index is 12.0. The zero-order chi connectivity index (χ0) is 18.4. The van der Waals surface area contributed by atoms with Crippen molar-refractivity contribution in [3.8, 4) is 0 Å². The number of hydrogen-bond acceptors (Lipinski definition) is 5. The van der Waals surface area contributed by atoms with Crippen molar-refractivity contribution < 1.29 is 9.21 Å². The fourth-order valence-corrected chi connectivity index (χ4v) is 3.42. The summed E-state index contributed by atoms with van der Waals surface area (Å²) < 4.78 is 7.22. The molecule has 0 radical (unpaired) electrons. The zero-order valence-electron chi connectivity index (χ0n) is 14.3. The van der Waals surface area contributed by atoms with Gasteiger partial charge in [0.05, 0.1) is 18.6 Å². The van der Waals surface area contributed by atoms with Gasteiger partial charge >= 0.3 is 0 Å². The molecule has 1 N–H and O–H groups in total. The van der Waals surface area contributed by atoms with Gasteiger partial charge in [-0.2, -0.15) is 0 Å². The van der Waals surface area contributed by atoms with Crippen LogP contribution in [-0.4, -0.2) is 26.4 Å². The minimum Gasteiger partial charge on any atom is -0.467 e. The van der Waals surface area contributed by atoms with E-state index in [2.05, 4.69) is 15.5 Å². The maximum Gasteiger partial charge on any atom is 0.230 e. The highest BCUT2D eigenvalue weighted by Gasteiger charge is 2.13. The molecule has 136 valence electrons. The highest BCUT2D eigenvalue weighted by Crippen LogP contribution is 2.19. The Morgan fingerprint density at radius 2 is 2.08 bits per heavy atom. The van der Waals surface area contributed by atoms with Crippen LogP contribution in [0.1, 0.15) is 24.1 Å². The number of benzene rings is 1. The van der Waals surface area contributed by atoms with Gasteiger partial charge in [-0.3, -0.25) is 4.79 Å². The SMILES string of the molecule is CCn1c(Cc2ccc(Cl)cc2)nnc1SCC(=O)NCc1ccco1. The number of aromatic nitrogens is 3. The monoisotopic (exact) mass is 390 g/mol. The predicted octanol–water partition coefficient (Wildman–Crippen LogP) is 3.54. The van der Waals surface area contributed by atoms with Gasteiger partial charge in [-0.1, -0.05) is 35.5 Å². The molecule has 6 nitrogen and oxygen atoms in total. The van der Waals surface area contributed by atoms with E-state index in [4.69, 9.17) is 16.0 Å². The van der Waals surface area contributed by atoms with Gasteiger partial charge in [0.2, 0.25) is 5.91 Å². The number of rotatable bonds is 8. The number of amides is 1. The van der Waals surface area contributed by atoms with Crippen molar-refractivity contribution in [2.24, 2.45) is 0 Å². The van der Waals surface area contributed by atoms with E-state index in [0.29, 0.717) is 18.0 Å². The third-order valence-electron chi connectivity index (χ3n) is 3.76. The third kappa shape index (κ3) is 4.89. The standard InChI is InChI=1S/C18H19ClN4O2S/c1-2-23-16(10-13-5-7-14(19)8-6-13)21-22-18(23)26-12-17(24)20-11-15-4-3-9-25-15/h3-9H,2,10-12H2,1H3,(H,20,24). The van der Waals surface area contributed by atoms with Crippen molar-refractivity contribution >= 4 is 29.3 Å². The average molecular weight is 391 g/mol. The molecule has 0 aliphatic carbocycles. The number of thioether (sulfide) groups is 1. The fourth-order valence-electron chi connectivity index (χ4n) is 2.44. The Kier molecular flexibility index (Phi) is 6.35. The molecule has 3 rings (SSSR count). The summed E-state index contributed by atoms with van der Waals surface area (Å²) in [6.45, 7) is 3.16. The molecule has 0 saturated carbocycles. The van der Waals surface area contributed by atoms with Crippen LogP contribution in [0, 0.1) is 0 Å². The first kappa shape index (κ1) is 18.5. The van der Waals surface area contributed by atoms with E-state index < -0.39 is 0 Å². The predicted molar refractivity (Wildman–Crippen MR) is 101 cm³/mol. The van der Waals surface area contributed by atoms with E-state index in [9.17, 15) is 4.79 Å². The summed E-state index contributed by atoms with van der Waals surface area (Å²) in [5.74, 6) is 1.80. The lowest BCUT2D eigenvalue weighted by Gasteiger charge is -2.07. The normalized spacial score (nSPS) is 10.8. The van der Waals surface area contributed by atoms with Gasteiger partial charge < -0.3 is 14.3 Å². The Balaban J connectivity index is 1.57. The largest absolute Gasteiger partial charge is 0.467 e. The summed E-state index contributed by atoms with van der Waals surface area (Å²) in [6, 6.07) is 11.3. The molecule has 0 fully saturated rings. The van der Waals surface area contributed by atoms with Crippen LogP contribution in [0.15, 0.2) is 52.2 Å². The molecule has 0 saturated heterocycles. The van der Waals surface area contributed by atoms with Crippen LogP contribution in [0.5, 0.6) is 0 Å². The fraction of sp³-hybridized carbons (Fsp3) is 0.278. The Morgan fingerprint density at radius 3 is 2.77 bits per heavy atom. The van der Waals surface area contributed by atoms with Gasteiger partial charge in [-0.25, -0.2) is 0 Å². The third-order valence-corrected chi connectivity index (χ3v) is 4.98. The second-order valence-corrected chi connectivity index (χ2v) is 6.97. The molecule has 8 heteroatoms. The minimum absolute atomic E-state index is 0.0729. The lowest BCUT2D eigenvalue weighted by molar-refractivity contribution is -0.118. The highest BCUT2D eigenvalue weighted by molar-refractivity contribution is 7.99. The minimum atomic E-state index is -0.0729. The molecule has 1 aromatic carbocycles. The van der Waals surface area contributed by atoms with Crippen LogP contribution in [-0.2, 0) is 24.3 Å². The zero-order valence-corrected chi connectivity index (χ0v) is 15.9. The van der Waals surface area contributed by atoms with E-state index in [1.165, 1.54) is 11.8 Å². The van der Waals surface area contributed by atoms with Crippen molar-refractivity contribution in [1.82, 2.24) is 20.1 Å². The number of carbonyl (C=O) groups excluding carboxylic acids is 1. The number of halogens is 1. The summed E-state index contributed by atoms with van der Waals surface area (Å²) in [5, 5.41) is 12.8. The van der Waals surface area contributed by atoms with Crippen LogP contribution in [0.3, 0.4) is 0 Å². The summed E-state index contributed by atoms with van der Waals surface area (Å²) in [4.78, 5) is 12.0. The molecule has 0 unspecified atom stereocenters. The van der Waals surface area contributed by atoms with E-state index >= 15 is 0 Å². The smallest absolute Gasteiger partial charge is 0.230 e. The Labute approximate surface area is 160 Å². The molecule has 2 aromatic heterocycles. The molecule has 1 amide bonds. The van der Waals surface area contributed by atoms with Gasteiger partial charge in [0.25, 0.3) is 0 Å². The van der Waals surface area contributed by atoms with Gasteiger partial charge in [0.15, 0.2) is 5.16 Å². The molecule has 0 aliphatic heterocycles. The van der Waals surface area contributed by atoms with Crippen LogP contribution in [0.4, 0.5) is 0 Å². The molecule has 0 atom stereocenters. The lowest BCUT2D eigenvalue weighted by Crippen LogP contribution is -2.24. The van der Waals surface area contributed by atoms with E-state index in [0.717, 1.165) is 28.8 Å². The maximum atomic E-state index is 12.0. The quantitative estimate of drug-likeness (QED) is 0.595. The first-order chi connectivity index (χ1) is 12.7. The van der Waals surface area contributed by atoms with Crippen molar-refractivity contribution in [2.45, 2.75) is 31.6 Å². The number of carbonyl (C=O) groups is 1. The Hall–Kier alpha value is -2.25. The molecule has 0 aliphatic rings. The Morgan fingerprint density at radius 1 is 1.27 bits per heavy atom. The first-order valence-electron chi connectivity index (χ1n) is 8.24. The van der Waals surface area contributed by atoms with Crippen molar-refractivity contribution in [2.75, 3.05) is 5.75 Å². The molecule has 0 bridgehead atoms. The van der Waals surface area contributed by atoms with E-state index in [1.54, 1.807) is 12.3 Å². The molecule has 2 heterocycles. The highest BCUT2D eigenvalue weighted by atomic mass is 35.5. The molecule has 0 spiro atoms. The van der Waals surface area contributed by atoms with Crippen LogP contribution < -0.4 is 5.32 Å². The first-order valence-corrected chi connectivity index (χ1v) is 9.60. The average Bonchev–Trinajstić information content (AvgIpc) is 3.29. The van der Waals surface area contributed by atoms with Crippen LogP contribution in [0.25, 0.3) is 0 Å². The van der Waals surface area contributed by atoms with Crippen molar-refractivity contribution in [3.63, 3.8) is 0 Å². The van der Waals surface area contributed by atoms with Gasteiger partial charge in [-0.15, -0.1) is 10.2 Å². The Bertz CT molecular complexity index is 847. The molecular formula is C18H19ClN4O2S. The number of hydrogen-bond donors (Lipinski definition) is 1. The van der Waals surface area contributed by atoms with E-state index in [1.807, 2.05) is 41.8 Å². The lowest BCUT2D eigenvalue weighted by atomic mass is 10.1. The molecular weight excluding hydrogens is 372 g/mol.